The molecule has 0 aliphatic carbocycles. The topological polar surface area (TPSA) is 40.6 Å². The summed E-state index contributed by atoms with van der Waals surface area (Å²) in [5.41, 5.74) is -0.685. The number of benzene rings is 2. The van der Waals surface area contributed by atoms with Gasteiger partial charge in [-0.1, -0.05) is 38.1 Å². The Morgan fingerprint density at radius 1 is 0.833 bits per heavy atom. The van der Waals surface area contributed by atoms with E-state index in [0.29, 0.717) is 10.8 Å². The van der Waals surface area contributed by atoms with Crippen LogP contribution in [0, 0.1) is 0 Å². The van der Waals surface area contributed by atoms with Gasteiger partial charge in [0.05, 0.1) is 16.7 Å². The van der Waals surface area contributed by atoms with Gasteiger partial charge >= 0.3 is 6.18 Å². The van der Waals surface area contributed by atoms with E-state index in [0.717, 1.165) is 11.0 Å². The summed E-state index contributed by atoms with van der Waals surface area (Å²) >= 11 is 1.61. The lowest BCUT2D eigenvalue weighted by Crippen LogP contribution is -2.50. The maximum absolute atomic E-state index is 13.2. The molecule has 1 fully saturated rings. The zero-order chi connectivity index (χ0) is 21.9. The lowest BCUT2D eigenvalue weighted by atomic mass is 10.1. The fraction of sp³-hybridized carbons (Fsp3) is 0.364. The Hall–Kier alpha value is -2.48. The van der Waals surface area contributed by atoms with E-state index in [1.54, 1.807) is 22.7 Å². The molecule has 160 valence electrons. The van der Waals surface area contributed by atoms with Crippen LogP contribution in [0.25, 0.3) is 0 Å². The van der Waals surface area contributed by atoms with Crippen molar-refractivity contribution in [2.45, 2.75) is 30.2 Å². The second-order valence-corrected chi connectivity index (χ2v) is 8.91. The predicted octanol–water partition coefficient (Wildman–Crippen LogP) is 4.80. The molecule has 1 aliphatic heterocycles. The van der Waals surface area contributed by atoms with E-state index >= 15 is 0 Å². The first kappa shape index (κ1) is 22.2. The van der Waals surface area contributed by atoms with Crippen molar-refractivity contribution < 1.29 is 22.8 Å². The molecule has 0 radical (unpaired) electrons. The van der Waals surface area contributed by atoms with Crippen molar-refractivity contribution in [1.29, 1.82) is 0 Å². The first-order valence-corrected chi connectivity index (χ1v) is 10.6. The molecule has 1 saturated heterocycles. The Morgan fingerprint density at radius 3 is 1.83 bits per heavy atom. The molecule has 0 N–H and O–H groups in total. The quantitative estimate of drug-likeness (QED) is 0.647. The minimum atomic E-state index is -4.60. The lowest BCUT2D eigenvalue weighted by Gasteiger charge is -2.35. The smallest absolute Gasteiger partial charge is 0.335 e. The highest BCUT2D eigenvalue weighted by Gasteiger charge is 2.36. The summed E-state index contributed by atoms with van der Waals surface area (Å²) in [6.45, 7) is 5.04. The van der Waals surface area contributed by atoms with Crippen molar-refractivity contribution in [3.63, 3.8) is 0 Å². The maximum Gasteiger partial charge on any atom is 0.417 e. The van der Waals surface area contributed by atoms with Crippen molar-refractivity contribution in [3.8, 4) is 0 Å². The van der Waals surface area contributed by atoms with Gasteiger partial charge in [0.1, 0.15) is 0 Å². The van der Waals surface area contributed by atoms with Crippen LogP contribution in [0.2, 0.25) is 0 Å². The molecule has 30 heavy (non-hydrogen) atoms. The highest BCUT2D eigenvalue weighted by molar-refractivity contribution is 8.00. The van der Waals surface area contributed by atoms with Gasteiger partial charge in [-0.2, -0.15) is 13.2 Å². The average Bonchev–Trinajstić information content (AvgIpc) is 2.72. The average molecular weight is 436 g/mol. The van der Waals surface area contributed by atoms with Crippen LogP contribution in [-0.2, 0) is 6.18 Å². The number of nitrogens with zero attached hydrogens (tertiary/aromatic N) is 2. The number of rotatable bonds is 4. The van der Waals surface area contributed by atoms with Crippen LogP contribution in [0.4, 0.5) is 13.2 Å². The zero-order valence-electron chi connectivity index (χ0n) is 16.8. The summed E-state index contributed by atoms with van der Waals surface area (Å²) in [5, 5.41) is 0.321. The standard InChI is InChI=1S/C22H23F3N2O2S/c1-15(2)30-19-10-6-4-8-17(19)21(29)27-13-11-26(12-14-27)20(28)16-7-3-5-9-18(16)22(23,24)25/h3-10,15H,11-14H2,1-2H3. The second kappa shape index (κ2) is 9.12. The molecule has 0 bridgehead atoms. The highest BCUT2D eigenvalue weighted by atomic mass is 32.2. The van der Waals surface area contributed by atoms with Crippen LogP contribution in [0.1, 0.15) is 40.1 Å². The Balaban J connectivity index is 1.70. The summed E-state index contributed by atoms with van der Waals surface area (Å²) in [6, 6.07) is 12.2. The molecular weight excluding hydrogens is 413 g/mol. The number of carbonyl (C=O) groups is 2. The number of alkyl halides is 3. The molecule has 4 nitrogen and oxygen atoms in total. The van der Waals surface area contributed by atoms with Crippen LogP contribution in [-0.4, -0.2) is 53.0 Å². The number of carbonyl (C=O) groups excluding carboxylic acids is 2. The molecule has 1 heterocycles. The maximum atomic E-state index is 13.2. The monoisotopic (exact) mass is 436 g/mol. The van der Waals surface area contributed by atoms with Gasteiger partial charge in [-0.3, -0.25) is 9.59 Å². The van der Waals surface area contributed by atoms with Crippen LogP contribution in [0.3, 0.4) is 0 Å². The summed E-state index contributed by atoms with van der Waals surface area (Å²) in [4.78, 5) is 29.6. The minimum absolute atomic E-state index is 0.124. The van der Waals surface area contributed by atoms with Gasteiger partial charge < -0.3 is 9.80 Å². The van der Waals surface area contributed by atoms with Crippen LogP contribution in [0.15, 0.2) is 53.4 Å². The van der Waals surface area contributed by atoms with Crippen molar-refractivity contribution in [1.82, 2.24) is 9.80 Å². The van der Waals surface area contributed by atoms with Gasteiger partial charge in [0.25, 0.3) is 11.8 Å². The molecule has 2 aromatic rings. The van der Waals surface area contributed by atoms with Crippen molar-refractivity contribution in [2.24, 2.45) is 0 Å². The molecule has 0 atom stereocenters. The highest BCUT2D eigenvalue weighted by Crippen LogP contribution is 2.32. The fourth-order valence-electron chi connectivity index (χ4n) is 3.37. The Morgan fingerprint density at radius 2 is 1.30 bits per heavy atom. The van der Waals surface area contributed by atoms with Gasteiger partial charge in [-0.25, -0.2) is 0 Å². The van der Waals surface area contributed by atoms with E-state index in [-0.39, 0.29) is 37.6 Å². The third-order valence-electron chi connectivity index (χ3n) is 4.80. The van der Waals surface area contributed by atoms with Crippen molar-refractivity contribution in [3.05, 3.63) is 65.2 Å². The number of thioether (sulfide) groups is 1. The number of halogens is 3. The zero-order valence-corrected chi connectivity index (χ0v) is 17.6. The largest absolute Gasteiger partial charge is 0.417 e. The molecule has 2 amide bonds. The number of hydrogen-bond donors (Lipinski definition) is 0. The number of amides is 2. The molecule has 0 spiro atoms. The summed E-state index contributed by atoms with van der Waals surface area (Å²) in [6.07, 6.45) is -4.60. The van der Waals surface area contributed by atoms with Gasteiger partial charge in [-0.05, 0) is 24.3 Å². The molecule has 1 aliphatic rings. The first-order valence-electron chi connectivity index (χ1n) is 9.69. The Kier molecular flexibility index (Phi) is 6.75. The molecule has 0 unspecified atom stereocenters. The first-order chi connectivity index (χ1) is 14.2. The fourth-order valence-corrected chi connectivity index (χ4v) is 4.32. The third kappa shape index (κ3) is 4.98. The predicted molar refractivity (Wildman–Crippen MR) is 111 cm³/mol. The van der Waals surface area contributed by atoms with E-state index in [1.165, 1.54) is 23.1 Å². The Bertz CT molecular complexity index is 923. The van der Waals surface area contributed by atoms with Crippen LogP contribution in [0.5, 0.6) is 0 Å². The van der Waals surface area contributed by atoms with Gasteiger partial charge in [-0.15, -0.1) is 11.8 Å². The van der Waals surface area contributed by atoms with Crippen LogP contribution < -0.4 is 0 Å². The van der Waals surface area contributed by atoms with Gasteiger partial charge in [0, 0.05) is 36.3 Å². The van der Waals surface area contributed by atoms with E-state index in [2.05, 4.69) is 13.8 Å². The lowest BCUT2D eigenvalue weighted by molar-refractivity contribution is -0.138. The van der Waals surface area contributed by atoms with E-state index in [9.17, 15) is 22.8 Å². The summed E-state index contributed by atoms with van der Waals surface area (Å²) in [7, 11) is 0. The van der Waals surface area contributed by atoms with Crippen molar-refractivity contribution >= 4 is 23.6 Å². The molecule has 0 saturated carbocycles. The minimum Gasteiger partial charge on any atom is -0.335 e. The number of hydrogen-bond acceptors (Lipinski definition) is 3. The summed E-state index contributed by atoms with van der Waals surface area (Å²) < 4.78 is 39.7. The van der Waals surface area contributed by atoms with Crippen LogP contribution >= 0.6 is 11.8 Å². The van der Waals surface area contributed by atoms with E-state index in [4.69, 9.17) is 0 Å². The van der Waals surface area contributed by atoms with Gasteiger partial charge in [0.2, 0.25) is 0 Å². The SMILES string of the molecule is CC(C)Sc1ccccc1C(=O)N1CCN(C(=O)c2ccccc2C(F)(F)F)CC1. The molecule has 2 aromatic carbocycles. The Labute approximate surface area is 178 Å². The molecular formula is C22H23F3N2O2S. The van der Waals surface area contributed by atoms with Crippen molar-refractivity contribution in [2.75, 3.05) is 26.2 Å². The van der Waals surface area contributed by atoms with Gasteiger partial charge in [0.15, 0.2) is 0 Å². The van der Waals surface area contributed by atoms with E-state index in [1.807, 2.05) is 18.2 Å². The third-order valence-corrected chi connectivity index (χ3v) is 5.88. The molecule has 0 aromatic heterocycles. The normalized spacial score (nSPS) is 14.9. The summed E-state index contributed by atoms with van der Waals surface area (Å²) in [5.74, 6) is -0.785. The van der Waals surface area contributed by atoms with E-state index < -0.39 is 17.6 Å². The number of piperazine rings is 1. The second-order valence-electron chi connectivity index (χ2n) is 7.29. The molecule has 8 heteroatoms. The molecule has 3 rings (SSSR count).